The number of carbonyl (C=O) groups is 1. The van der Waals surface area contributed by atoms with Crippen LogP contribution in [0.3, 0.4) is 0 Å². The van der Waals surface area contributed by atoms with Gasteiger partial charge >= 0.3 is 0 Å². The Morgan fingerprint density at radius 2 is 1.59 bits per heavy atom. The third-order valence-corrected chi connectivity index (χ3v) is 6.21. The molecule has 0 atom stereocenters. The molecule has 0 spiro atoms. The van der Waals surface area contributed by atoms with Gasteiger partial charge in [0.1, 0.15) is 11.1 Å². The second-order valence-electron chi connectivity index (χ2n) is 7.28. The highest BCUT2D eigenvalue weighted by Gasteiger charge is 2.16. The van der Waals surface area contributed by atoms with Gasteiger partial charge in [-0.3, -0.25) is 4.79 Å². The number of para-hydroxylation sites is 1. The number of anilines is 1. The van der Waals surface area contributed by atoms with Crippen molar-refractivity contribution in [3.8, 4) is 0 Å². The lowest BCUT2D eigenvalue weighted by Crippen LogP contribution is -2.27. The SMILES string of the molecule is Cc1ccc(NC(=O)c2cc3ccccc3oc2=NNS(=O)(=O)c2ccccc2)cc1C. The molecule has 0 unspecified atom stereocenters. The van der Waals surface area contributed by atoms with Crippen LogP contribution < -0.4 is 15.7 Å². The third kappa shape index (κ3) is 4.55. The molecule has 4 rings (SSSR count). The van der Waals surface area contributed by atoms with E-state index in [1.54, 1.807) is 48.5 Å². The number of benzene rings is 3. The van der Waals surface area contributed by atoms with Gasteiger partial charge in [0, 0.05) is 11.1 Å². The largest absolute Gasteiger partial charge is 0.436 e. The fraction of sp³-hybridized carbons (Fsp3) is 0.0833. The van der Waals surface area contributed by atoms with Crippen molar-refractivity contribution >= 4 is 32.6 Å². The molecule has 0 saturated carbocycles. The van der Waals surface area contributed by atoms with Crippen molar-refractivity contribution in [3.05, 3.63) is 101 Å². The zero-order valence-electron chi connectivity index (χ0n) is 17.5. The number of hydrogen-bond acceptors (Lipinski definition) is 5. The summed E-state index contributed by atoms with van der Waals surface area (Å²) in [7, 11) is -3.93. The Morgan fingerprint density at radius 1 is 0.875 bits per heavy atom. The van der Waals surface area contributed by atoms with Crippen molar-refractivity contribution in [3.63, 3.8) is 0 Å². The van der Waals surface area contributed by atoms with Crippen LogP contribution in [0, 0.1) is 13.8 Å². The van der Waals surface area contributed by atoms with Crippen LogP contribution in [0.25, 0.3) is 11.0 Å². The van der Waals surface area contributed by atoms with Crippen LogP contribution in [-0.2, 0) is 10.0 Å². The highest BCUT2D eigenvalue weighted by Crippen LogP contribution is 2.17. The van der Waals surface area contributed by atoms with Gasteiger partial charge in [-0.25, -0.2) is 0 Å². The van der Waals surface area contributed by atoms with Gasteiger partial charge in [0.15, 0.2) is 0 Å². The monoisotopic (exact) mass is 447 g/mol. The van der Waals surface area contributed by atoms with Crippen LogP contribution in [-0.4, -0.2) is 14.3 Å². The minimum absolute atomic E-state index is 0.0469. The number of hydrogen-bond donors (Lipinski definition) is 2. The van der Waals surface area contributed by atoms with Crippen molar-refractivity contribution in [2.75, 3.05) is 5.32 Å². The third-order valence-electron chi connectivity index (χ3n) is 4.99. The van der Waals surface area contributed by atoms with Gasteiger partial charge in [-0.05, 0) is 61.4 Å². The zero-order valence-corrected chi connectivity index (χ0v) is 18.3. The molecule has 1 amide bonds. The molecule has 2 N–H and O–H groups in total. The first-order chi connectivity index (χ1) is 15.3. The standard InChI is InChI=1S/C24H21N3O4S/c1-16-12-13-19(14-17(16)2)25-23(28)21-15-18-8-6-7-11-22(18)31-24(21)26-27-32(29,30)20-9-4-3-5-10-20/h3-15,27H,1-2H3,(H,25,28). The van der Waals surface area contributed by atoms with Crippen molar-refractivity contribution < 1.29 is 17.6 Å². The maximum Gasteiger partial charge on any atom is 0.276 e. The van der Waals surface area contributed by atoms with Gasteiger partial charge < -0.3 is 9.73 Å². The van der Waals surface area contributed by atoms with E-state index >= 15 is 0 Å². The Labute approximate surface area is 185 Å². The van der Waals surface area contributed by atoms with E-state index in [1.165, 1.54) is 12.1 Å². The summed E-state index contributed by atoms with van der Waals surface area (Å²) in [5.41, 5.74) is 3.17. The van der Waals surface area contributed by atoms with E-state index in [0.717, 1.165) is 11.1 Å². The quantitative estimate of drug-likeness (QED) is 0.450. The van der Waals surface area contributed by atoms with E-state index in [1.807, 2.05) is 32.0 Å². The second-order valence-corrected chi connectivity index (χ2v) is 8.94. The summed E-state index contributed by atoms with van der Waals surface area (Å²) in [6, 6.07) is 22.1. The summed E-state index contributed by atoms with van der Waals surface area (Å²) in [6.07, 6.45) is 0. The Kier molecular flexibility index (Phi) is 5.79. The Balaban J connectivity index is 1.75. The van der Waals surface area contributed by atoms with E-state index in [0.29, 0.717) is 16.7 Å². The molecular weight excluding hydrogens is 426 g/mol. The lowest BCUT2D eigenvalue weighted by atomic mass is 10.1. The average molecular weight is 448 g/mol. The highest BCUT2D eigenvalue weighted by molar-refractivity contribution is 7.89. The Hall–Kier alpha value is -3.91. The van der Waals surface area contributed by atoms with Crippen molar-refractivity contribution in [2.24, 2.45) is 5.10 Å². The molecule has 8 heteroatoms. The van der Waals surface area contributed by atoms with Crippen molar-refractivity contribution in [1.29, 1.82) is 0 Å². The molecule has 0 aliphatic heterocycles. The predicted octanol–water partition coefficient (Wildman–Crippen LogP) is 4.10. The number of aryl methyl sites for hydroxylation is 2. The summed E-state index contributed by atoms with van der Waals surface area (Å²) in [4.78, 5) is 15.3. The second kappa shape index (κ2) is 8.68. The molecule has 32 heavy (non-hydrogen) atoms. The molecule has 1 aromatic heterocycles. The normalized spacial score (nSPS) is 12.0. The molecule has 0 saturated heterocycles. The number of nitrogens with zero attached hydrogens (tertiary/aromatic N) is 1. The Bertz CT molecular complexity index is 1480. The highest BCUT2D eigenvalue weighted by atomic mass is 32.2. The van der Waals surface area contributed by atoms with Crippen molar-refractivity contribution in [1.82, 2.24) is 4.83 Å². The van der Waals surface area contributed by atoms with Gasteiger partial charge in [-0.1, -0.05) is 42.5 Å². The molecule has 0 aliphatic rings. The Morgan fingerprint density at radius 3 is 2.34 bits per heavy atom. The lowest BCUT2D eigenvalue weighted by molar-refractivity contribution is 0.102. The molecule has 0 aliphatic carbocycles. The predicted molar refractivity (Wildman–Crippen MR) is 122 cm³/mol. The molecule has 0 radical (unpaired) electrons. The molecule has 162 valence electrons. The first-order valence-corrected chi connectivity index (χ1v) is 11.3. The molecular formula is C24H21N3O4S. The molecule has 0 fully saturated rings. The van der Waals surface area contributed by atoms with E-state index in [4.69, 9.17) is 4.42 Å². The summed E-state index contributed by atoms with van der Waals surface area (Å²) in [5.74, 6) is -0.472. The van der Waals surface area contributed by atoms with Gasteiger partial charge in [0.2, 0.25) is 5.55 Å². The molecule has 3 aromatic carbocycles. The maximum absolute atomic E-state index is 13.1. The lowest BCUT2D eigenvalue weighted by Gasteiger charge is -2.09. The minimum Gasteiger partial charge on any atom is -0.436 e. The molecule has 7 nitrogen and oxygen atoms in total. The van der Waals surface area contributed by atoms with Crippen LogP contribution >= 0.6 is 0 Å². The van der Waals surface area contributed by atoms with E-state index in [-0.39, 0.29) is 16.0 Å². The number of carbonyl (C=O) groups excluding carboxylic acids is 1. The van der Waals surface area contributed by atoms with E-state index in [2.05, 4.69) is 15.2 Å². The number of nitrogens with one attached hydrogen (secondary N) is 2. The van der Waals surface area contributed by atoms with Crippen molar-refractivity contribution in [2.45, 2.75) is 18.7 Å². The van der Waals surface area contributed by atoms with Crippen LogP contribution in [0.15, 0.2) is 93.3 Å². The molecule has 0 bridgehead atoms. The zero-order chi connectivity index (χ0) is 22.7. The fourth-order valence-corrected chi connectivity index (χ4v) is 3.91. The number of rotatable bonds is 5. The van der Waals surface area contributed by atoms with Crippen LogP contribution in [0.1, 0.15) is 21.5 Å². The number of fused-ring (bicyclic) bond motifs is 1. The van der Waals surface area contributed by atoms with Crippen LogP contribution in [0.4, 0.5) is 5.69 Å². The maximum atomic E-state index is 13.1. The van der Waals surface area contributed by atoms with E-state index < -0.39 is 15.9 Å². The summed E-state index contributed by atoms with van der Waals surface area (Å²) >= 11 is 0. The summed E-state index contributed by atoms with van der Waals surface area (Å²) < 4.78 is 30.9. The first-order valence-electron chi connectivity index (χ1n) is 9.85. The fourth-order valence-electron chi connectivity index (χ4n) is 3.09. The summed E-state index contributed by atoms with van der Waals surface area (Å²) in [5, 5.41) is 7.44. The van der Waals surface area contributed by atoms with Gasteiger partial charge in [-0.2, -0.15) is 13.2 Å². The number of amides is 1. The van der Waals surface area contributed by atoms with Gasteiger partial charge in [0.05, 0.1) is 4.90 Å². The molecule has 4 aromatic rings. The van der Waals surface area contributed by atoms with Crippen LogP contribution in [0.2, 0.25) is 0 Å². The topological polar surface area (TPSA) is 101 Å². The average Bonchev–Trinajstić information content (AvgIpc) is 2.80. The van der Waals surface area contributed by atoms with E-state index in [9.17, 15) is 13.2 Å². The van der Waals surface area contributed by atoms with Gasteiger partial charge in [0.25, 0.3) is 15.9 Å². The van der Waals surface area contributed by atoms with Crippen LogP contribution in [0.5, 0.6) is 0 Å². The smallest absolute Gasteiger partial charge is 0.276 e. The first kappa shape index (κ1) is 21.3. The number of sulfonamides is 1. The minimum atomic E-state index is -3.93. The summed E-state index contributed by atoms with van der Waals surface area (Å²) in [6.45, 7) is 3.94. The molecule has 1 heterocycles. The van der Waals surface area contributed by atoms with Gasteiger partial charge in [-0.15, -0.1) is 5.10 Å².